The van der Waals surface area contributed by atoms with Crippen LogP contribution in [0.4, 0.5) is 0 Å². The van der Waals surface area contributed by atoms with Crippen LogP contribution in [0.2, 0.25) is 10.1 Å². The summed E-state index contributed by atoms with van der Waals surface area (Å²) in [6.07, 6.45) is 6.87. The second-order valence-electron chi connectivity index (χ2n) is 25.8. The van der Waals surface area contributed by atoms with Crippen LogP contribution in [-0.2, 0) is 51.5 Å². The Bertz CT molecular complexity index is 3530. The Hall–Kier alpha value is -5.89. The van der Waals surface area contributed by atoms with Crippen molar-refractivity contribution in [3.63, 3.8) is 0 Å². The van der Waals surface area contributed by atoms with Crippen LogP contribution in [0.1, 0.15) is 81.3 Å². The zero-order chi connectivity index (χ0) is 67.8. The number of benzene rings is 9. The number of ether oxygens (including phenoxy) is 4. The van der Waals surface area contributed by atoms with Gasteiger partial charge < -0.3 is 24.1 Å². The Balaban J connectivity index is 0.000000230. The first-order chi connectivity index (χ1) is 46.9. The zero-order valence-electron chi connectivity index (χ0n) is 58.6. The van der Waals surface area contributed by atoms with Gasteiger partial charge in [-0.1, -0.05) is 348 Å². The molecule has 1 aliphatic heterocycles. The van der Waals surface area contributed by atoms with Crippen molar-refractivity contribution in [2.24, 2.45) is 0 Å². The number of alkyl halides is 1. The maximum atomic E-state index is 9.15. The number of halogens is 1. The SMILES string of the molecule is C1=Cc2ccccc2CC1.C1CO1.CC(C)(C)[Si](C#CCBr)(c1ccccc1)c1ccccc1.CC(C)(C)[Si](C#CCOCCOCCOCCN(Cc1ccccc1)Cc1ccccc1)(c1ccccc1)c1ccccc1.OCCN(Cc1ccccc1)Cc1ccccc1.[K+]. The van der Waals surface area contributed by atoms with Crippen molar-refractivity contribution in [1.82, 2.24) is 9.80 Å². The normalized spacial score (nSPS) is 12.1. The van der Waals surface area contributed by atoms with E-state index in [2.05, 4.69) is 362 Å². The molecule has 1 saturated heterocycles. The van der Waals surface area contributed by atoms with E-state index in [4.69, 9.17) is 19.3 Å². The van der Waals surface area contributed by atoms with Crippen LogP contribution in [0, 0.1) is 22.9 Å². The van der Waals surface area contributed by atoms with Crippen LogP contribution in [0.25, 0.3) is 6.08 Å². The third kappa shape index (κ3) is 27.6. The van der Waals surface area contributed by atoms with E-state index < -0.39 is 16.1 Å². The molecule has 0 bridgehead atoms. The molecule has 1 N–H and O–H groups in total. The molecule has 97 heavy (non-hydrogen) atoms. The topological polar surface area (TPSA) is 66.9 Å². The predicted molar refractivity (Wildman–Crippen MR) is 413 cm³/mol. The summed E-state index contributed by atoms with van der Waals surface area (Å²) in [5.74, 6) is 6.72. The van der Waals surface area contributed by atoms with E-state index in [0.717, 1.165) is 51.3 Å². The number of hydrogen-bond donors (Lipinski definition) is 1. The van der Waals surface area contributed by atoms with Gasteiger partial charge in [0.05, 0.1) is 58.2 Å². The Morgan fingerprint density at radius 3 is 1.08 bits per heavy atom. The van der Waals surface area contributed by atoms with E-state index in [1.54, 1.807) is 0 Å². The molecule has 9 aromatic rings. The van der Waals surface area contributed by atoms with Crippen LogP contribution in [0.5, 0.6) is 0 Å². The molecule has 11 rings (SSSR count). The van der Waals surface area contributed by atoms with E-state index in [-0.39, 0.29) is 68.1 Å². The summed E-state index contributed by atoms with van der Waals surface area (Å²) in [5.41, 5.74) is 15.5. The minimum atomic E-state index is -2.39. The zero-order valence-corrected chi connectivity index (χ0v) is 65.3. The van der Waals surface area contributed by atoms with Crippen molar-refractivity contribution in [3.05, 3.63) is 306 Å². The van der Waals surface area contributed by atoms with Crippen molar-refractivity contribution in [2.75, 3.05) is 77.9 Å². The summed E-state index contributed by atoms with van der Waals surface area (Å²) in [7, 11) is -4.55. The minimum Gasteiger partial charge on any atom is -0.395 e. The standard InChI is InChI=1S/C39H47NO3Si.C19H21BrSi.C16H19NO.C10H10.C2H4O.K/c1-39(2,3)44(37-21-12-6-13-22-37,38-23-14-7-15-24-38)32-16-26-41-28-30-43-31-29-42-27-25-40(33-35-17-8-4-9-18-35)34-36-19-10-5-11-20-36;1-19(2,3)21(16-10-15-20,17-11-6-4-7-12-17)18-13-8-5-9-14-18;18-12-11-17(13-15-7-3-1-4-8-15)14-16-9-5-2-6-10-16;1-2-6-10-8-4-3-7-9(10)5-1;1-2-3-1;/h4-15,17-24H,25-31,33-34H2,1-3H3;4-9,11-14H,15H2,1-3H3;1-10,18H,11-14H2;1-3,5-7H,4,8H2;1-2H2;/q;;;;;+1. The summed E-state index contributed by atoms with van der Waals surface area (Å²) >= 11 is 3.46. The van der Waals surface area contributed by atoms with Gasteiger partial charge in [-0.2, -0.15) is 0 Å². The number of hydrogen-bond acceptors (Lipinski definition) is 7. The van der Waals surface area contributed by atoms with E-state index in [0.29, 0.717) is 46.2 Å². The van der Waals surface area contributed by atoms with Gasteiger partial charge in [-0.05, 0) is 77.0 Å². The Morgan fingerprint density at radius 1 is 0.423 bits per heavy atom. The summed E-state index contributed by atoms with van der Waals surface area (Å²) in [6.45, 7) is 24.4. The van der Waals surface area contributed by atoms with E-state index in [1.165, 1.54) is 67.0 Å². The quantitative estimate of drug-likeness (QED) is 0.0213. The Kier molecular flexibility index (Phi) is 37.1. The molecule has 0 atom stereocenters. The van der Waals surface area contributed by atoms with E-state index >= 15 is 0 Å². The minimum absolute atomic E-state index is 0. The van der Waals surface area contributed by atoms with Crippen LogP contribution in [-0.4, -0.2) is 109 Å². The molecule has 0 aromatic heterocycles. The summed E-state index contributed by atoms with van der Waals surface area (Å²) in [6, 6.07) is 93.7. The number of fused-ring (bicyclic) bond motifs is 1. The molecule has 0 unspecified atom stereocenters. The van der Waals surface area contributed by atoms with Crippen LogP contribution >= 0.6 is 15.9 Å². The molecule has 0 spiro atoms. The second-order valence-corrected chi connectivity index (χ2v) is 35.2. The van der Waals surface area contributed by atoms with Crippen molar-refractivity contribution >= 4 is 58.9 Å². The fourth-order valence-corrected chi connectivity index (χ4v) is 21.2. The van der Waals surface area contributed by atoms with Crippen molar-refractivity contribution < 1.29 is 75.4 Å². The summed E-state index contributed by atoms with van der Waals surface area (Å²) < 4.78 is 22.0. The van der Waals surface area contributed by atoms with Gasteiger partial charge in [0.15, 0.2) is 0 Å². The molecule has 1 heterocycles. The first kappa shape index (κ1) is 80.1. The molecule has 0 radical (unpaired) electrons. The maximum Gasteiger partial charge on any atom is 1.00 e. The molecule has 0 amide bonds. The van der Waals surface area contributed by atoms with Crippen LogP contribution < -0.4 is 72.1 Å². The third-order valence-corrected chi connectivity index (χ3v) is 27.4. The predicted octanol–water partition coefficient (Wildman–Crippen LogP) is 12.7. The fourth-order valence-electron chi connectivity index (χ4n) is 11.9. The van der Waals surface area contributed by atoms with Gasteiger partial charge in [0.2, 0.25) is 16.1 Å². The fraction of sp³-hybridized carbons (Fsp3) is 0.302. The number of aryl methyl sites for hydroxylation is 1. The van der Waals surface area contributed by atoms with Gasteiger partial charge in [0, 0.05) is 39.3 Å². The van der Waals surface area contributed by atoms with Gasteiger partial charge in [0.1, 0.15) is 6.61 Å². The van der Waals surface area contributed by atoms with Gasteiger partial charge in [-0.3, -0.25) is 9.80 Å². The van der Waals surface area contributed by atoms with Gasteiger partial charge in [-0.15, -0.1) is 11.1 Å². The average Bonchev–Trinajstić information content (AvgIpc) is 1.24. The number of nitrogens with zero attached hydrogens (tertiary/aromatic N) is 2. The number of aliphatic hydroxyl groups is 1. The Labute approximate surface area is 635 Å². The van der Waals surface area contributed by atoms with E-state index in [9.17, 15) is 0 Å². The maximum absolute atomic E-state index is 9.15. The van der Waals surface area contributed by atoms with E-state index in [1.807, 2.05) is 12.1 Å². The van der Waals surface area contributed by atoms with Gasteiger partial charge in [0.25, 0.3) is 0 Å². The molecule has 7 nitrogen and oxygen atoms in total. The Morgan fingerprint density at radius 2 is 0.742 bits per heavy atom. The monoisotopic (exact) mass is 1420 g/mol. The van der Waals surface area contributed by atoms with Crippen molar-refractivity contribution in [2.45, 2.75) is 90.6 Å². The molecule has 1 fully saturated rings. The smallest absolute Gasteiger partial charge is 0.395 e. The summed E-state index contributed by atoms with van der Waals surface area (Å²) in [5, 5.41) is 15.4. The first-order valence-electron chi connectivity index (χ1n) is 33.9. The largest absolute Gasteiger partial charge is 1.00 e. The van der Waals surface area contributed by atoms with Gasteiger partial charge >= 0.3 is 51.4 Å². The second kappa shape index (κ2) is 45.0. The molecule has 500 valence electrons. The van der Waals surface area contributed by atoms with Crippen LogP contribution in [0.15, 0.2) is 273 Å². The van der Waals surface area contributed by atoms with Crippen molar-refractivity contribution in [3.8, 4) is 22.9 Å². The molecule has 2 aliphatic rings. The third-order valence-electron chi connectivity index (χ3n) is 16.7. The number of rotatable bonds is 24. The molecule has 1 aliphatic carbocycles. The first-order valence-corrected chi connectivity index (χ1v) is 39.0. The average molecular weight is 1420 g/mol. The van der Waals surface area contributed by atoms with Crippen LogP contribution in [0.3, 0.4) is 0 Å². The van der Waals surface area contributed by atoms with Gasteiger partial charge in [-0.25, -0.2) is 0 Å². The molecule has 0 saturated carbocycles. The molecule has 11 heteroatoms. The number of epoxide rings is 1. The molecular weight excluding hydrogens is 1320 g/mol. The molecular formula is C86H101BrKN2O5Si2+. The summed E-state index contributed by atoms with van der Waals surface area (Å²) in [4.78, 5) is 4.68. The number of aliphatic hydroxyl groups excluding tert-OH is 1. The van der Waals surface area contributed by atoms with Crippen molar-refractivity contribution in [1.29, 1.82) is 0 Å². The number of allylic oxidation sites excluding steroid dienone is 1. The molecule has 9 aromatic carbocycles.